The minimum atomic E-state index is -0.650. The number of nitrogens with one attached hydrogen (secondary N) is 1. The molecule has 35 heavy (non-hydrogen) atoms. The van der Waals surface area contributed by atoms with Gasteiger partial charge < -0.3 is 19.5 Å². The van der Waals surface area contributed by atoms with E-state index in [2.05, 4.69) is 15.4 Å². The zero-order valence-electron chi connectivity index (χ0n) is 20.7. The van der Waals surface area contributed by atoms with Gasteiger partial charge in [-0.3, -0.25) is 4.90 Å². The molecule has 0 atom stereocenters. The molecule has 1 amide bonds. The third-order valence-electron chi connectivity index (χ3n) is 5.41. The van der Waals surface area contributed by atoms with Gasteiger partial charge in [-0.15, -0.1) is 0 Å². The van der Waals surface area contributed by atoms with Crippen LogP contribution in [0.25, 0.3) is 5.65 Å². The predicted octanol–water partition coefficient (Wildman–Crippen LogP) is 5.36. The molecule has 3 aromatic rings. The summed E-state index contributed by atoms with van der Waals surface area (Å²) in [6.45, 7) is 8.26. The molecule has 4 rings (SSSR count). The van der Waals surface area contributed by atoms with Gasteiger partial charge >= 0.3 is 6.09 Å². The maximum atomic E-state index is 12.9. The lowest BCUT2D eigenvalue weighted by Crippen LogP contribution is -2.35. The largest absolute Gasteiger partial charge is 0.473 e. The molecule has 3 aromatic heterocycles. The Kier molecular flexibility index (Phi) is 7.32. The molecular weight excluding hydrogens is 472 g/mol. The number of carbonyl (C=O) groups excluding carboxylic acids is 1. The molecule has 1 aliphatic rings. The smallest absolute Gasteiger partial charge is 0.415 e. The number of amides is 1. The van der Waals surface area contributed by atoms with Crippen LogP contribution in [-0.2, 0) is 16.1 Å². The van der Waals surface area contributed by atoms with Crippen molar-refractivity contribution in [1.29, 1.82) is 0 Å². The van der Waals surface area contributed by atoms with Crippen molar-refractivity contribution in [3.05, 3.63) is 35.1 Å². The number of fused-ring (bicyclic) bond motifs is 1. The van der Waals surface area contributed by atoms with E-state index in [4.69, 9.17) is 30.8 Å². The van der Waals surface area contributed by atoms with E-state index < -0.39 is 11.7 Å². The molecule has 1 fully saturated rings. The lowest BCUT2D eigenvalue weighted by molar-refractivity contribution is 0.0587. The summed E-state index contributed by atoms with van der Waals surface area (Å²) in [4.78, 5) is 23.4. The molecule has 0 radical (unpaired) electrons. The average molecular weight is 503 g/mol. The highest BCUT2D eigenvalue weighted by Crippen LogP contribution is 2.33. The number of ether oxygens (including phenoxy) is 3. The van der Waals surface area contributed by atoms with Gasteiger partial charge in [0.2, 0.25) is 5.88 Å². The SMILES string of the molecule is CCOCc1cnn2c(N(C)C(=O)OC(C)(C)C)cc(Nc3cc(Cl)cnc3OC3CCC3)nc12. The lowest BCUT2D eigenvalue weighted by atomic mass is 9.96. The van der Waals surface area contributed by atoms with Gasteiger partial charge in [0, 0.05) is 31.5 Å². The van der Waals surface area contributed by atoms with Gasteiger partial charge in [0.1, 0.15) is 29.0 Å². The predicted molar refractivity (Wildman–Crippen MR) is 134 cm³/mol. The topological polar surface area (TPSA) is 103 Å². The van der Waals surface area contributed by atoms with Crippen molar-refractivity contribution in [3.8, 4) is 5.88 Å². The van der Waals surface area contributed by atoms with E-state index >= 15 is 0 Å². The fourth-order valence-electron chi connectivity index (χ4n) is 3.43. The summed E-state index contributed by atoms with van der Waals surface area (Å²) in [5.74, 6) is 1.38. The standard InChI is InChI=1S/C24H31ClN6O4/c1-6-33-14-15-12-27-31-20(30(5)23(32)35-24(2,3)4)11-19(29-21(15)31)28-18-10-16(25)13-26-22(18)34-17-8-7-9-17/h10-13,17H,6-9,14H2,1-5H3,(H,28,29). The number of hydrogen-bond donors (Lipinski definition) is 1. The number of hydrogen-bond acceptors (Lipinski definition) is 8. The molecule has 0 unspecified atom stereocenters. The molecule has 11 heteroatoms. The molecule has 0 spiro atoms. The van der Waals surface area contributed by atoms with Gasteiger partial charge in [-0.25, -0.2) is 14.8 Å². The third kappa shape index (κ3) is 5.94. The van der Waals surface area contributed by atoms with E-state index in [0.717, 1.165) is 24.8 Å². The maximum absolute atomic E-state index is 12.9. The Hall–Kier alpha value is -3.11. The molecule has 1 aliphatic carbocycles. The van der Waals surface area contributed by atoms with Crippen molar-refractivity contribution >= 4 is 40.7 Å². The first-order valence-corrected chi connectivity index (χ1v) is 12.0. The van der Waals surface area contributed by atoms with E-state index in [9.17, 15) is 4.79 Å². The Labute approximate surface area is 209 Å². The third-order valence-corrected chi connectivity index (χ3v) is 5.62. The van der Waals surface area contributed by atoms with Crippen LogP contribution in [0.15, 0.2) is 24.5 Å². The van der Waals surface area contributed by atoms with E-state index in [1.807, 2.05) is 27.7 Å². The maximum Gasteiger partial charge on any atom is 0.415 e. The normalized spacial score (nSPS) is 14.0. The molecule has 188 valence electrons. The van der Waals surface area contributed by atoms with Gasteiger partial charge in [-0.1, -0.05) is 11.6 Å². The van der Waals surface area contributed by atoms with Crippen molar-refractivity contribution in [2.75, 3.05) is 23.9 Å². The van der Waals surface area contributed by atoms with Crippen LogP contribution in [0.4, 0.5) is 22.1 Å². The van der Waals surface area contributed by atoms with Crippen LogP contribution >= 0.6 is 11.6 Å². The van der Waals surface area contributed by atoms with Crippen LogP contribution in [-0.4, -0.2) is 51.0 Å². The second-order valence-electron chi connectivity index (χ2n) is 9.38. The van der Waals surface area contributed by atoms with Crippen molar-refractivity contribution in [2.24, 2.45) is 0 Å². The van der Waals surface area contributed by atoms with E-state index in [1.54, 1.807) is 36.1 Å². The highest BCUT2D eigenvalue weighted by Gasteiger charge is 2.25. The molecule has 0 aliphatic heterocycles. The van der Waals surface area contributed by atoms with Gasteiger partial charge in [-0.2, -0.15) is 9.61 Å². The molecule has 3 heterocycles. The molecule has 0 aromatic carbocycles. The zero-order valence-corrected chi connectivity index (χ0v) is 21.4. The Morgan fingerprint density at radius 2 is 2.06 bits per heavy atom. The Morgan fingerprint density at radius 1 is 1.29 bits per heavy atom. The van der Waals surface area contributed by atoms with Crippen molar-refractivity contribution in [3.63, 3.8) is 0 Å². The Bertz CT molecular complexity index is 1200. The fraction of sp³-hybridized carbons (Fsp3) is 0.500. The van der Waals surface area contributed by atoms with Crippen LogP contribution in [0.2, 0.25) is 5.02 Å². The number of carbonyl (C=O) groups is 1. The molecule has 0 saturated heterocycles. The highest BCUT2D eigenvalue weighted by molar-refractivity contribution is 6.30. The first kappa shape index (κ1) is 25.0. The second-order valence-corrected chi connectivity index (χ2v) is 9.82. The Balaban J connectivity index is 1.74. The molecular formula is C24H31ClN6O4. The number of aromatic nitrogens is 4. The van der Waals surface area contributed by atoms with E-state index in [-0.39, 0.29) is 6.10 Å². The number of pyridine rings is 1. The quantitative estimate of drug-likeness (QED) is 0.439. The van der Waals surface area contributed by atoms with Gasteiger partial charge in [0.05, 0.1) is 17.8 Å². The fourth-order valence-corrected chi connectivity index (χ4v) is 3.59. The summed E-state index contributed by atoms with van der Waals surface area (Å²) in [7, 11) is 1.63. The minimum absolute atomic E-state index is 0.140. The molecule has 0 bridgehead atoms. The van der Waals surface area contributed by atoms with Crippen LogP contribution in [0.5, 0.6) is 5.88 Å². The average Bonchev–Trinajstić information content (AvgIpc) is 3.16. The molecule has 10 nitrogen and oxygen atoms in total. The van der Waals surface area contributed by atoms with E-state index in [1.165, 1.54) is 4.90 Å². The summed E-state index contributed by atoms with van der Waals surface area (Å²) in [5, 5.41) is 8.18. The monoisotopic (exact) mass is 502 g/mol. The van der Waals surface area contributed by atoms with Gasteiger partial charge in [0.25, 0.3) is 0 Å². The van der Waals surface area contributed by atoms with Gasteiger partial charge in [0.15, 0.2) is 5.65 Å². The van der Waals surface area contributed by atoms with Crippen molar-refractivity contribution < 1.29 is 19.0 Å². The molecule has 1 saturated carbocycles. The van der Waals surface area contributed by atoms with E-state index in [0.29, 0.717) is 47.1 Å². The summed E-state index contributed by atoms with van der Waals surface area (Å²) >= 11 is 6.23. The second kappa shape index (κ2) is 10.2. The van der Waals surface area contributed by atoms with Crippen molar-refractivity contribution in [1.82, 2.24) is 19.6 Å². The highest BCUT2D eigenvalue weighted by atomic mass is 35.5. The number of anilines is 3. The lowest BCUT2D eigenvalue weighted by Gasteiger charge is -2.27. The summed E-state index contributed by atoms with van der Waals surface area (Å²) in [6.07, 6.45) is 5.99. The minimum Gasteiger partial charge on any atom is -0.473 e. The van der Waals surface area contributed by atoms with Crippen LogP contribution in [0.1, 0.15) is 52.5 Å². The summed E-state index contributed by atoms with van der Waals surface area (Å²) < 4.78 is 18.8. The summed E-state index contributed by atoms with van der Waals surface area (Å²) in [6, 6.07) is 3.45. The number of nitrogens with zero attached hydrogens (tertiary/aromatic N) is 5. The van der Waals surface area contributed by atoms with Gasteiger partial charge in [-0.05, 0) is 53.0 Å². The van der Waals surface area contributed by atoms with Crippen LogP contribution < -0.4 is 15.0 Å². The number of halogens is 1. The van der Waals surface area contributed by atoms with Crippen LogP contribution in [0.3, 0.4) is 0 Å². The first-order valence-electron chi connectivity index (χ1n) is 11.7. The van der Waals surface area contributed by atoms with Crippen molar-refractivity contribution in [2.45, 2.75) is 65.3 Å². The zero-order chi connectivity index (χ0) is 25.2. The van der Waals surface area contributed by atoms with Crippen LogP contribution in [0, 0.1) is 0 Å². The molecule has 1 N–H and O–H groups in total. The summed E-state index contributed by atoms with van der Waals surface area (Å²) in [5.41, 5.74) is 1.26. The first-order chi connectivity index (χ1) is 16.6. The Morgan fingerprint density at radius 3 is 2.71 bits per heavy atom. The number of rotatable bonds is 8.